The predicted octanol–water partition coefficient (Wildman–Crippen LogP) is 4.18. The summed E-state index contributed by atoms with van der Waals surface area (Å²) in [6, 6.07) is 11.1. The van der Waals surface area contributed by atoms with Crippen LogP contribution < -0.4 is 10.0 Å². The normalized spacial score (nSPS) is 11.1. The largest absolute Gasteiger partial charge is 0.326 e. The van der Waals surface area contributed by atoms with Gasteiger partial charge in [-0.1, -0.05) is 38.7 Å². The number of nitrogens with zero attached hydrogens (tertiary/aromatic N) is 1. The summed E-state index contributed by atoms with van der Waals surface area (Å²) in [5.74, 6) is 0.205. The third-order valence-corrected chi connectivity index (χ3v) is 5.23. The van der Waals surface area contributed by atoms with Crippen molar-refractivity contribution >= 4 is 27.4 Å². The first kappa shape index (κ1) is 19.9. The molecule has 0 aliphatic carbocycles. The van der Waals surface area contributed by atoms with Crippen molar-refractivity contribution in [2.45, 2.75) is 50.3 Å². The number of carbonyl (C=O) groups excluding carboxylic acids is 1. The average molecular weight is 375 g/mol. The van der Waals surface area contributed by atoms with Gasteiger partial charge in [-0.25, -0.2) is 13.4 Å². The topological polar surface area (TPSA) is 88.2 Å². The highest BCUT2D eigenvalue weighted by atomic mass is 32.2. The van der Waals surface area contributed by atoms with E-state index in [-0.39, 0.29) is 16.6 Å². The summed E-state index contributed by atoms with van der Waals surface area (Å²) in [6.45, 7) is 2.16. The van der Waals surface area contributed by atoms with Crippen LogP contribution in [0.1, 0.15) is 45.4 Å². The van der Waals surface area contributed by atoms with E-state index in [1.165, 1.54) is 31.2 Å². The van der Waals surface area contributed by atoms with Gasteiger partial charge in [-0.05, 0) is 42.8 Å². The summed E-state index contributed by atoms with van der Waals surface area (Å²) in [4.78, 5) is 16.0. The second kappa shape index (κ2) is 9.91. The Morgan fingerprint density at radius 2 is 1.73 bits per heavy atom. The molecule has 2 rings (SSSR count). The lowest BCUT2D eigenvalue weighted by molar-refractivity contribution is -0.116. The van der Waals surface area contributed by atoms with Crippen LogP contribution in [0, 0.1) is 0 Å². The second-order valence-electron chi connectivity index (χ2n) is 6.06. The number of hydrogen-bond acceptors (Lipinski definition) is 4. The molecule has 0 radical (unpaired) electrons. The van der Waals surface area contributed by atoms with E-state index in [2.05, 4.69) is 21.9 Å². The quantitative estimate of drug-likeness (QED) is 0.610. The zero-order valence-electron chi connectivity index (χ0n) is 14.9. The van der Waals surface area contributed by atoms with Gasteiger partial charge in [0.2, 0.25) is 5.91 Å². The Labute approximate surface area is 155 Å². The van der Waals surface area contributed by atoms with Crippen LogP contribution in [-0.2, 0) is 14.8 Å². The molecule has 1 amide bonds. The van der Waals surface area contributed by atoms with Crippen LogP contribution >= 0.6 is 0 Å². The Morgan fingerprint density at radius 3 is 2.38 bits per heavy atom. The van der Waals surface area contributed by atoms with E-state index in [1.54, 1.807) is 30.3 Å². The molecule has 2 aromatic rings. The van der Waals surface area contributed by atoms with Crippen LogP contribution in [0.3, 0.4) is 0 Å². The number of benzene rings is 1. The molecule has 1 aromatic carbocycles. The molecule has 1 aromatic heterocycles. The third-order valence-electron chi connectivity index (χ3n) is 3.86. The summed E-state index contributed by atoms with van der Waals surface area (Å²) in [7, 11) is -3.71. The van der Waals surface area contributed by atoms with Gasteiger partial charge < -0.3 is 5.32 Å². The molecule has 1 heterocycles. The molecule has 0 aliphatic rings. The van der Waals surface area contributed by atoms with Crippen molar-refractivity contribution in [3.8, 4) is 0 Å². The van der Waals surface area contributed by atoms with Crippen molar-refractivity contribution in [1.82, 2.24) is 4.98 Å². The number of hydrogen-bond donors (Lipinski definition) is 2. The minimum absolute atomic E-state index is 0.0521. The van der Waals surface area contributed by atoms with Crippen molar-refractivity contribution in [3.05, 3.63) is 48.7 Å². The first-order valence-corrected chi connectivity index (χ1v) is 10.3. The highest BCUT2D eigenvalue weighted by molar-refractivity contribution is 7.92. The van der Waals surface area contributed by atoms with Crippen molar-refractivity contribution in [1.29, 1.82) is 0 Å². The van der Waals surface area contributed by atoms with Gasteiger partial charge in [-0.2, -0.15) is 0 Å². The Kier molecular flexibility index (Phi) is 7.59. The third kappa shape index (κ3) is 6.48. The zero-order valence-corrected chi connectivity index (χ0v) is 15.8. The molecule has 7 heteroatoms. The summed E-state index contributed by atoms with van der Waals surface area (Å²) < 4.78 is 27.1. The van der Waals surface area contributed by atoms with Crippen LogP contribution in [0.25, 0.3) is 0 Å². The van der Waals surface area contributed by atoms with Gasteiger partial charge in [-0.15, -0.1) is 0 Å². The standard InChI is InChI=1S/C19H25N3O3S/c1-2-3-4-5-6-10-19(23)21-16-11-13-17(14-12-16)26(24,25)22-18-9-7-8-15-20-18/h7-9,11-15H,2-6,10H2,1H3,(H,20,22)(H,21,23). The lowest BCUT2D eigenvalue weighted by atomic mass is 10.1. The number of pyridine rings is 1. The van der Waals surface area contributed by atoms with Crippen LogP contribution in [-0.4, -0.2) is 19.3 Å². The maximum Gasteiger partial charge on any atom is 0.263 e. The predicted molar refractivity (Wildman–Crippen MR) is 103 cm³/mol. The Hall–Kier alpha value is -2.41. The molecule has 140 valence electrons. The van der Waals surface area contributed by atoms with Crippen LogP contribution in [0.2, 0.25) is 0 Å². The number of nitrogens with one attached hydrogen (secondary N) is 2. The van der Waals surface area contributed by atoms with Crippen LogP contribution in [0.4, 0.5) is 11.5 Å². The number of unbranched alkanes of at least 4 members (excludes halogenated alkanes) is 4. The monoisotopic (exact) mass is 375 g/mol. The SMILES string of the molecule is CCCCCCCC(=O)Nc1ccc(S(=O)(=O)Nc2ccccn2)cc1. The molecule has 0 fully saturated rings. The summed E-state index contributed by atoms with van der Waals surface area (Å²) in [5.41, 5.74) is 0.584. The van der Waals surface area contributed by atoms with Crippen LogP contribution in [0.15, 0.2) is 53.6 Å². The number of rotatable bonds is 10. The van der Waals surface area contributed by atoms with Crippen molar-refractivity contribution in [3.63, 3.8) is 0 Å². The number of aromatic nitrogens is 1. The number of anilines is 2. The smallest absolute Gasteiger partial charge is 0.263 e. The van der Waals surface area contributed by atoms with E-state index in [9.17, 15) is 13.2 Å². The van der Waals surface area contributed by atoms with Gasteiger partial charge in [0.1, 0.15) is 5.82 Å². The van der Waals surface area contributed by atoms with Gasteiger partial charge >= 0.3 is 0 Å². The molecule has 0 aliphatic heterocycles. The van der Waals surface area contributed by atoms with E-state index in [1.807, 2.05) is 0 Å². The molecule has 0 atom stereocenters. The van der Waals surface area contributed by atoms with Gasteiger partial charge in [-0.3, -0.25) is 9.52 Å². The van der Waals surface area contributed by atoms with Gasteiger partial charge in [0.25, 0.3) is 10.0 Å². The summed E-state index contributed by atoms with van der Waals surface area (Å²) in [5, 5.41) is 2.79. The molecule has 26 heavy (non-hydrogen) atoms. The summed E-state index contributed by atoms with van der Waals surface area (Å²) >= 11 is 0. The minimum atomic E-state index is -3.71. The van der Waals surface area contributed by atoms with Crippen molar-refractivity contribution in [2.24, 2.45) is 0 Å². The fourth-order valence-corrected chi connectivity index (χ4v) is 3.46. The highest BCUT2D eigenvalue weighted by Gasteiger charge is 2.14. The summed E-state index contributed by atoms with van der Waals surface area (Å²) in [6.07, 6.45) is 7.44. The first-order chi connectivity index (χ1) is 12.5. The van der Waals surface area contributed by atoms with Gasteiger partial charge in [0, 0.05) is 18.3 Å². The van der Waals surface area contributed by atoms with Crippen LogP contribution in [0.5, 0.6) is 0 Å². The van der Waals surface area contributed by atoms with Crippen molar-refractivity contribution < 1.29 is 13.2 Å². The molecule has 0 saturated carbocycles. The Bertz CT molecular complexity index is 791. The number of carbonyl (C=O) groups is 1. The molecule has 0 saturated heterocycles. The molecule has 6 nitrogen and oxygen atoms in total. The van der Waals surface area contributed by atoms with Gasteiger partial charge in [0.15, 0.2) is 0 Å². The highest BCUT2D eigenvalue weighted by Crippen LogP contribution is 2.17. The molecule has 0 bridgehead atoms. The molecular formula is C19H25N3O3S. The maximum atomic E-state index is 12.3. The minimum Gasteiger partial charge on any atom is -0.326 e. The number of amides is 1. The second-order valence-corrected chi connectivity index (χ2v) is 7.74. The molecular weight excluding hydrogens is 350 g/mol. The molecule has 2 N–H and O–H groups in total. The zero-order chi connectivity index (χ0) is 18.8. The number of sulfonamides is 1. The van der Waals surface area contributed by atoms with E-state index < -0.39 is 10.0 Å². The maximum absolute atomic E-state index is 12.3. The Balaban J connectivity index is 1.88. The lowest BCUT2D eigenvalue weighted by Gasteiger charge is -2.09. The van der Waals surface area contributed by atoms with E-state index in [4.69, 9.17) is 0 Å². The first-order valence-electron chi connectivity index (χ1n) is 8.85. The molecule has 0 unspecified atom stereocenters. The van der Waals surface area contributed by atoms with Gasteiger partial charge in [0.05, 0.1) is 4.90 Å². The van der Waals surface area contributed by atoms with E-state index in [0.29, 0.717) is 12.1 Å². The van der Waals surface area contributed by atoms with Crippen molar-refractivity contribution in [2.75, 3.05) is 10.0 Å². The fraction of sp³-hybridized carbons (Fsp3) is 0.368. The fourth-order valence-electron chi connectivity index (χ4n) is 2.45. The van der Waals surface area contributed by atoms with E-state index in [0.717, 1.165) is 19.3 Å². The molecule has 0 spiro atoms. The lowest BCUT2D eigenvalue weighted by Crippen LogP contribution is -2.14. The van der Waals surface area contributed by atoms with E-state index >= 15 is 0 Å². The Morgan fingerprint density at radius 1 is 1.00 bits per heavy atom. The average Bonchev–Trinajstić information content (AvgIpc) is 2.62.